The average molecular weight is 358 g/mol. The molecule has 1 aromatic rings. The second-order valence-corrected chi connectivity index (χ2v) is 9.07. The molecule has 3 rings (SSSR count). The molecule has 2 aliphatic heterocycles. The monoisotopic (exact) mass is 358 g/mol. The number of amides is 1. The van der Waals surface area contributed by atoms with E-state index in [0.717, 1.165) is 5.56 Å². The molecule has 2 fully saturated rings. The van der Waals surface area contributed by atoms with Gasteiger partial charge in [0.15, 0.2) is 9.84 Å². The van der Waals surface area contributed by atoms with Crippen LogP contribution in [0.1, 0.15) is 5.56 Å². The highest BCUT2D eigenvalue weighted by atomic mass is 32.2. The third kappa shape index (κ3) is 3.76. The van der Waals surface area contributed by atoms with Crippen LogP contribution in [0.3, 0.4) is 0 Å². The number of hydrogen-bond donors (Lipinski definition) is 0. The van der Waals surface area contributed by atoms with Gasteiger partial charge in [-0.3, -0.25) is 9.69 Å². The van der Waals surface area contributed by atoms with Crippen molar-refractivity contribution in [3.05, 3.63) is 22.4 Å². The predicted octanol–water partition coefficient (Wildman–Crippen LogP) is 0.247. The van der Waals surface area contributed by atoms with E-state index in [0.29, 0.717) is 32.7 Å². The van der Waals surface area contributed by atoms with Crippen molar-refractivity contribution in [1.82, 2.24) is 9.80 Å². The molecule has 0 bridgehead atoms. The van der Waals surface area contributed by atoms with E-state index in [2.05, 4.69) is 4.90 Å². The molecule has 0 unspecified atom stereocenters. The standard InChI is InChI=1S/C15H22N2O4S2/c1-21-6-5-16-3-4-17(14-11-23(19,20)10-13(14)16)15(18)8-12-2-7-22-9-12/h2,7,9,13-14H,3-6,8,10-11H2,1H3/t13-,14+/m0/s1. The van der Waals surface area contributed by atoms with Crippen molar-refractivity contribution < 1.29 is 17.9 Å². The summed E-state index contributed by atoms with van der Waals surface area (Å²) in [4.78, 5) is 16.6. The zero-order valence-electron chi connectivity index (χ0n) is 13.2. The highest BCUT2D eigenvalue weighted by molar-refractivity contribution is 7.91. The zero-order chi connectivity index (χ0) is 16.4. The van der Waals surface area contributed by atoms with Crippen LogP contribution in [0.2, 0.25) is 0 Å². The minimum absolute atomic E-state index is 0.0295. The molecule has 0 N–H and O–H groups in total. The van der Waals surface area contributed by atoms with Crippen molar-refractivity contribution in [2.24, 2.45) is 0 Å². The van der Waals surface area contributed by atoms with Gasteiger partial charge in [-0.15, -0.1) is 0 Å². The van der Waals surface area contributed by atoms with E-state index in [-0.39, 0.29) is 29.5 Å². The molecule has 2 saturated heterocycles. The highest BCUT2D eigenvalue weighted by Gasteiger charge is 2.47. The Balaban J connectivity index is 1.74. The number of carbonyl (C=O) groups is 1. The molecular weight excluding hydrogens is 336 g/mol. The number of thiophene rings is 1. The van der Waals surface area contributed by atoms with Crippen LogP contribution in [0.4, 0.5) is 0 Å². The highest BCUT2D eigenvalue weighted by Crippen LogP contribution is 2.27. The fraction of sp³-hybridized carbons (Fsp3) is 0.667. The van der Waals surface area contributed by atoms with Gasteiger partial charge in [-0.2, -0.15) is 11.3 Å². The normalized spacial score (nSPS) is 27.1. The van der Waals surface area contributed by atoms with Crippen molar-refractivity contribution in [2.75, 3.05) is 44.9 Å². The van der Waals surface area contributed by atoms with Crippen molar-refractivity contribution in [2.45, 2.75) is 18.5 Å². The van der Waals surface area contributed by atoms with Gasteiger partial charge in [0.1, 0.15) is 0 Å². The van der Waals surface area contributed by atoms with E-state index in [1.54, 1.807) is 23.3 Å². The summed E-state index contributed by atoms with van der Waals surface area (Å²) in [5.74, 6) is 0.252. The van der Waals surface area contributed by atoms with Crippen molar-refractivity contribution in [1.29, 1.82) is 0 Å². The fourth-order valence-electron chi connectivity index (χ4n) is 3.49. The summed E-state index contributed by atoms with van der Waals surface area (Å²) in [7, 11) is -1.45. The molecule has 6 nitrogen and oxygen atoms in total. The van der Waals surface area contributed by atoms with Crippen LogP contribution in [0.15, 0.2) is 16.8 Å². The topological polar surface area (TPSA) is 66.9 Å². The first-order valence-electron chi connectivity index (χ1n) is 7.74. The van der Waals surface area contributed by atoms with E-state index in [1.165, 1.54) is 0 Å². The Kier molecular flexibility index (Phi) is 5.05. The summed E-state index contributed by atoms with van der Waals surface area (Å²) in [6, 6.07) is 1.62. The lowest BCUT2D eigenvalue weighted by molar-refractivity contribution is -0.136. The Morgan fingerprint density at radius 3 is 2.83 bits per heavy atom. The third-order valence-corrected chi connectivity index (χ3v) is 7.06. The molecule has 1 aromatic heterocycles. The van der Waals surface area contributed by atoms with Crippen LogP contribution in [0, 0.1) is 0 Å². The number of hydrogen-bond acceptors (Lipinski definition) is 6. The molecule has 23 heavy (non-hydrogen) atoms. The summed E-state index contributed by atoms with van der Waals surface area (Å²) in [6.45, 7) is 2.57. The van der Waals surface area contributed by atoms with Gasteiger partial charge in [0.05, 0.1) is 30.6 Å². The molecule has 0 aliphatic carbocycles. The average Bonchev–Trinajstić information content (AvgIpc) is 3.10. The van der Waals surface area contributed by atoms with Crippen LogP contribution in [-0.2, 0) is 25.8 Å². The van der Waals surface area contributed by atoms with Crippen LogP contribution in [0.5, 0.6) is 0 Å². The van der Waals surface area contributed by atoms with Crippen molar-refractivity contribution in [3.63, 3.8) is 0 Å². The molecular formula is C15H22N2O4S2. The summed E-state index contributed by atoms with van der Waals surface area (Å²) < 4.78 is 29.3. The molecule has 0 radical (unpaired) electrons. The van der Waals surface area contributed by atoms with Crippen LogP contribution >= 0.6 is 11.3 Å². The maximum atomic E-state index is 12.6. The van der Waals surface area contributed by atoms with E-state index in [9.17, 15) is 13.2 Å². The predicted molar refractivity (Wildman–Crippen MR) is 89.4 cm³/mol. The smallest absolute Gasteiger partial charge is 0.227 e. The molecule has 2 aliphatic rings. The van der Waals surface area contributed by atoms with E-state index in [4.69, 9.17) is 4.74 Å². The van der Waals surface area contributed by atoms with E-state index in [1.807, 2.05) is 16.8 Å². The maximum Gasteiger partial charge on any atom is 0.227 e. The second-order valence-electron chi connectivity index (χ2n) is 6.14. The van der Waals surface area contributed by atoms with Crippen LogP contribution in [0.25, 0.3) is 0 Å². The first-order valence-corrected chi connectivity index (χ1v) is 10.5. The number of ether oxygens (including phenoxy) is 1. The Morgan fingerprint density at radius 1 is 1.35 bits per heavy atom. The first kappa shape index (κ1) is 16.9. The molecule has 3 heterocycles. The molecule has 128 valence electrons. The van der Waals surface area contributed by atoms with Gasteiger partial charge in [-0.25, -0.2) is 8.42 Å². The molecule has 0 saturated carbocycles. The molecule has 0 spiro atoms. The molecule has 8 heteroatoms. The number of piperazine rings is 1. The summed E-state index contributed by atoms with van der Waals surface area (Å²) >= 11 is 1.57. The molecule has 1 amide bonds. The van der Waals surface area contributed by atoms with Crippen molar-refractivity contribution >= 4 is 27.1 Å². The van der Waals surface area contributed by atoms with Gasteiger partial charge in [-0.1, -0.05) is 0 Å². The quantitative estimate of drug-likeness (QED) is 0.755. The lowest BCUT2D eigenvalue weighted by Crippen LogP contribution is -2.61. The lowest BCUT2D eigenvalue weighted by atomic mass is 10.0. The number of rotatable bonds is 5. The number of methoxy groups -OCH3 is 1. The van der Waals surface area contributed by atoms with Crippen LogP contribution in [-0.4, -0.2) is 81.1 Å². The van der Waals surface area contributed by atoms with Crippen molar-refractivity contribution in [3.8, 4) is 0 Å². The summed E-state index contributed by atoms with van der Waals surface area (Å²) in [6.07, 6.45) is 0.352. The minimum atomic E-state index is -3.09. The van der Waals surface area contributed by atoms with Gasteiger partial charge < -0.3 is 9.64 Å². The van der Waals surface area contributed by atoms with Gasteiger partial charge in [0.25, 0.3) is 0 Å². The number of nitrogens with zero attached hydrogens (tertiary/aromatic N) is 2. The first-order chi connectivity index (χ1) is 11.0. The second kappa shape index (κ2) is 6.88. The van der Waals surface area contributed by atoms with E-state index >= 15 is 0 Å². The number of sulfone groups is 1. The van der Waals surface area contributed by atoms with E-state index < -0.39 is 9.84 Å². The zero-order valence-corrected chi connectivity index (χ0v) is 14.8. The SMILES string of the molecule is COCCN1CCN(C(=O)Cc2ccsc2)[C@@H]2CS(=O)(=O)C[C@@H]21. The van der Waals surface area contributed by atoms with Gasteiger partial charge in [0, 0.05) is 32.8 Å². The Labute approximate surface area is 140 Å². The maximum absolute atomic E-state index is 12.6. The summed E-state index contributed by atoms with van der Waals surface area (Å²) in [5.41, 5.74) is 0.999. The Morgan fingerprint density at radius 2 is 2.13 bits per heavy atom. The third-order valence-electron chi connectivity index (χ3n) is 4.63. The fourth-order valence-corrected chi connectivity index (χ4v) is 6.17. The number of carbonyl (C=O) groups excluding carboxylic acids is 1. The largest absolute Gasteiger partial charge is 0.383 e. The van der Waals surface area contributed by atoms with Crippen LogP contribution < -0.4 is 0 Å². The Bertz CT molecular complexity index is 644. The summed E-state index contributed by atoms with van der Waals surface area (Å²) in [5, 5.41) is 3.92. The lowest BCUT2D eigenvalue weighted by Gasteiger charge is -2.43. The molecule has 0 aromatic carbocycles. The Hall–Kier alpha value is -0.960. The van der Waals surface area contributed by atoms with Gasteiger partial charge >= 0.3 is 0 Å². The van der Waals surface area contributed by atoms with Gasteiger partial charge in [-0.05, 0) is 22.4 Å². The molecule has 2 atom stereocenters. The minimum Gasteiger partial charge on any atom is -0.383 e. The van der Waals surface area contributed by atoms with Gasteiger partial charge in [0.2, 0.25) is 5.91 Å². The number of fused-ring (bicyclic) bond motifs is 1.